The number of H-pyrrole nitrogens is 1. The monoisotopic (exact) mass is 420 g/mol. The Hall–Kier alpha value is -2.02. The normalized spacial score (nSPS) is 15.3. The predicted molar refractivity (Wildman–Crippen MR) is 115 cm³/mol. The number of halogens is 2. The fourth-order valence-corrected chi connectivity index (χ4v) is 4.13. The molecule has 3 aromatic rings. The van der Waals surface area contributed by atoms with Gasteiger partial charge in [0.15, 0.2) is 5.11 Å². The van der Waals surface area contributed by atoms with E-state index in [9.17, 15) is 4.79 Å². The van der Waals surface area contributed by atoms with E-state index >= 15 is 0 Å². The molecule has 0 saturated carbocycles. The summed E-state index contributed by atoms with van der Waals surface area (Å²) in [5.41, 5.74) is 2.49. The molecular formula is C19H18Cl2N4OS. The van der Waals surface area contributed by atoms with Crippen molar-refractivity contribution in [3.05, 3.63) is 63.0 Å². The highest BCUT2D eigenvalue weighted by atomic mass is 35.5. The summed E-state index contributed by atoms with van der Waals surface area (Å²) >= 11 is 17.5. The highest BCUT2D eigenvalue weighted by Gasteiger charge is 2.24. The van der Waals surface area contributed by atoms with E-state index in [-0.39, 0.29) is 11.7 Å². The number of benzene rings is 2. The van der Waals surface area contributed by atoms with Crippen molar-refractivity contribution in [1.29, 1.82) is 0 Å². The third kappa shape index (κ3) is 3.83. The van der Waals surface area contributed by atoms with Crippen molar-refractivity contribution in [3.63, 3.8) is 0 Å². The van der Waals surface area contributed by atoms with Gasteiger partial charge in [-0.2, -0.15) is 0 Å². The number of hydrogen-bond acceptors (Lipinski definition) is 2. The lowest BCUT2D eigenvalue weighted by molar-refractivity contribution is 0.269. The van der Waals surface area contributed by atoms with Crippen molar-refractivity contribution >= 4 is 57.3 Å². The molecule has 1 saturated heterocycles. The number of aromatic amines is 1. The van der Waals surface area contributed by atoms with Gasteiger partial charge in [-0.3, -0.25) is 4.57 Å². The second-order valence-electron chi connectivity index (χ2n) is 6.62. The number of rotatable bonds is 2. The van der Waals surface area contributed by atoms with Gasteiger partial charge in [0.1, 0.15) is 0 Å². The predicted octanol–water partition coefficient (Wildman–Crippen LogP) is 4.67. The van der Waals surface area contributed by atoms with Crippen LogP contribution in [0.3, 0.4) is 0 Å². The molecule has 1 aromatic heterocycles. The lowest BCUT2D eigenvalue weighted by atomic mass is 10.0. The smallest absolute Gasteiger partial charge is 0.326 e. The number of nitrogens with one attached hydrogen (secondary N) is 2. The first-order valence-corrected chi connectivity index (χ1v) is 9.89. The number of piperidine rings is 1. The molecule has 1 aliphatic heterocycles. The quantitative estimate of drug-likeness (QED) is 0.591. The zero-order valence-electron chi connectivity index (χ0n) is 14.4. The molecule has 0 radical (unpaired) electrons. The van der Waals surface area contributed by atoms with Gasteiger partial charge >= 0.3 is 5.69 Å². The average Bonchev–Trinajstić information content (AvgIpc) is 2.98. The van der Waals surface area contributed by atoms with Gasteiger partial charge in [0, 0.05) is 34.9 Å². The van der Waals surface area contributed by atoms with Gasteiger partial charge in [-0.15, -0.1) is 0 Å². The van der Waals surface area contributed by atoms with Gasteiger partial charge in [0.2, 0.25) is 0 Å². The van der Waals surface area contributed by atoms with Crippen LogP contribution in [0.25, 0.3) is 11.0 Å². The van der Waals surface area contributed by atoms with Crippen molar-refractivity contribution < 1.29 is 0 Å². The summed E-state index contributed by atoms with van der Waals surface area (Å²) < 4.78 is 1.85. The summed E-state index contributed by atoms with van der Waals surface area (Å²) in [7, 11) is 0. The summed E-state index contributed by atoms with van der Waals surface area (Å²) in [5.74, 6) is 0. The molecule has 0 aliphatic carbocycles. The molecule has 1 aliphatic rings. The molecule has 0 amide bonds. The SMILES string of the molecule is O=c1[nH]c2cc(Cl)ccc2n1C1CCN(C(=S)Nc2ccc(Cl)cc2)CC1. The zero-order valence-corrected chi connectivity index (χ0v) is 16.7. The first-order chi connectivity index (χ1) is 13.0. The van der Waals surface area contributed by atoms with Crippen LogP contribution in [0.5, 0.6) is 0 Å². The minimum Gasteiger partial charge on any atom is -0.349 e. The van der Waals surface area contributed by atoms with Crippen molar-refractivity contribution in [1.82, 2.24) is 14.5 Å². The Bertz CT molecular complexity index is 1040. The minimum atomic E-state index is -0.0902. The van der Waals surface area contributed by atoms with Crippen LogP contribution < -0.4 is 11.0 Å². The number of nitrogens with zero attached hydrogens (tertiary/aromatic N) is 2. The first kappa shape index (κ1) is 18.3. The van der Waals surface area contributed by atoms with E-state index in [2.05, 4.69) is 15.2 Å². The molecule has 2 aromatic carbocycles. The van der Waals surface area contributed by atoms with E-state index in [0.717, 1.165) is 42.7 Å². The summed E-state index contributed by atoms with van der Waals surface area (Å²) in [6, 6.07) is 13.1. The van der Waals surface area contributed by atoms with Gasteiger partial charge in [-0.25, -0.2) is 4.79 Å². The first-order valence-electron chi connectivity index (χ1n) is 8.72. The van der Waals surface area contributed by atoms with E-state index in [1.807, 2.05) is 41.0 Å². The maximum Gasteiger partial charge on any atom is 0.326 e. The lowest BCUT2D eigenvalue weighted by Crippen LogP contribution is -2.42. The number of likely N-dealkylation sites (tertiary alicyclic amines) is 1. The second kappa shape index (κ2) is 7.54. The molecule has 0 atom stereocenters. The Morgan fingerprint density at radius 3 is 2.44 bits per heavy atom. The molecule has 5 nitrogen and oxygen atoms in total. The molecule has 27 heavy (non-hydrogen) atoms. The summed E-state index contributed by atoms with van der Waals surface area (Å²) in [4.78, 5) is 17.5. The van der Waals surface area contributed by atoms with Crippen molar-refractivity contribution in [2.75, 3.05) is 18.4 Å². The topological polar surface area (TPSA) is 53.1 Å². The molecule has 2 heterocycles. The second-order valence-corrected chi connectivity index (χ2v) is 7.88. The maximum atomic E-state index is 12.4. The van der Waals surface area contributed by atoms with E-state index < -0.39 is 0 Å². The fraction of sp³-hybridized carbons (Fsp3) is 0.263. The standard InChI is InChI=1S/C19H18Cl2N4OS/c20-12-1-4-14(5-2-12)22-19(27)24-9-7-15(8-10-24)25-17-6-3-13(21)11-16(17)23-18(25)26/h1-6,11,15H,7-10H2,(H,22,27)(H,23,26). The van der Waals surface area contributed by atoms with Crippen LogP contribution in [0.4, 0.5) is 5.69 Å². The van der Waals surface area contributed by atoms with Crippen molar-refractivity contribution in [2.24, 2.45) is 0 Å². The van der Waals surface area contributed by atoms with Crippen molar-refractivity contribution in [2.45, 2.75) is 18.9 Å². The Morgan fingerprint density at radius 2 is 1.74 bits per heavy atom. The number of thiocarbonyl (C=S) groups is 1. The Balaban J connectivity index is 1.44. The van der Waals surface area contributed by atoms with E-state index in [1.54, 1.807) is 6.07 Å². The van der Waals surface area contributed by atoms with E-state index in [0.29, 0.717) is 15.2 Å². The van der Waals surface area contributed by atoms with Gasteiger partial charge in [-0.05, 0) is 67.5 Å². The van der Waals surface area contributed by atoms with Crippen molar-refractivity contribution in [3.8, 4) is 0 Å². The van der Waals surface area contributed by atoms with Gasteiger partial charge in [-0.1, -0.05) is 23.2 Å². The number of imidazole rings is 1. The highest BCUT2D eigenvalue weighted by Crippen LogP contribution is 2.26. The molecule has 4 rings (SSSR count). The average molecular weight is 421 g/mol. The van der Waals surface area contributed by atoms with E-state index in [4.69, 9.17) is 35.4 Å². The molecular weight excluding hydrogens is 403 g/mol. The molecule has 2 N–H and O–H groups in total. The summed E-state index contributed by atoms with van der Waals surface area (Å²) in [5, 5.41) is 5.24. The maximum absolute atomic E-state index is 12.4. The fourth-order valence-electron chi connectivity index (χ4n) is 3.53. The third-order valence-electron chi connectivity index (χ3n) is 4.89. The van der Waals surface area contributed by atoms with Gasteiger partial charge in [0.05, 0.1) is 11.0 Å². The molecule has 140 valence electrons. The third-order valence-corrected chi connectivity index (χ3v) is 5.74. The zero-order chi connectivity index (χ0) is 19.0. The van der Waals surface area contributed by atoms with Crippen LogP contribution in [0, 0.1) is 0 Å². The largest absolute Gasteiger partial charge is 0.349 e. The Morgan fingerprint density at radius 1 is 1.07 bits per heavy atom. The lowest BCUT2D eigenvalue weighted by Gasteiger charge is -2.34. The molecule has 1 fully saturated rings. The molecule has 0 spiro atoms. The summed E-state index contributed by atoms with van der Waals surface area (Å²) in [6.07, 6.45) is 1.69. The Kier molecular flexibility index (Phi) is 5.12. The van der Waals surface area contributed by atoms with Gasteiger partial charge in [0.25, 0.3) is 0 Å². The number of fused-ring (bicyclic) bond motifs is 1. The highest BCUT2D eigenvalue weighted by molar-refractivity contribution is 7.80. The number of aromatic nitrogens is 2. The van der Waals surface area contributed by atoms with Crippen LogP contribution >= 0.6 is 35.4 Å². The van der Waals surface area contributed by atoms with Crippen LogP contribution in [0.15, 0.2) is 47.3 Å². The van der Waals surface area contributed by atoms with Crippen LogP contribution in [-0.2, 0) is 0 Å². The van der Waals surface area contributed by atoms with Crippen LogP contribution in [0.2, 0.25) is 10.0 Å². The van der Waals surface area contributed by atoms with Crippen LogP contribution in [-0.4, -0.2) is 32.7 Å². The molecule has 8 heteroatoms. The van der Waals surface area contributed by atoms with E-state index in [1.165, 1.54) is 0 Å². The Labute approximate surface area is 171 Å². The van der Waals surface area contributed by atoms with Gasteiger partial charge < -0.3 is 15.2 Å². The number of anilines is 1. The number of hydrogen-bond donors (Lipinski definition) is 2. The molecule has 0 unspecified atom stereocenters. The summed E-state index contributed by atoms with van der Waals surface area (Å²) in [6.45, 7) is 1.58. The molecule has 0 bridgehead atoms. The minimum absolute atomic E-state index is 0.0902. The van der Waals surface area contributed by atoms with Crippen LogP contribution in [0.1, 0.15) is 18.9 Å².